The van der Waals surface area contributed by atoms with Gasteiger partial charge in [-0.3, -0.25) is 4.79 Å². The van der Waals surface area contributed by atoms with Crippen LogP contribution in [0.4, 0.5) is 5.69 Å². The third-order valence-corrected chi connectivity index (χ3v) is 3.77. The van der Waals surface area contributed by atoms with Crippen LogP contribution in [0.15, 0.2) is 35.2 Å². The van der Waals surface area contributed by atoms with Crippen LogP contribution >= 0.6 is 11.8 Å². The molecule has 1 aromatic carbocycles. The lowest BCUT2D eigenvalue weighted by Gasteiger charge is -2.21. The number of hydrogen-bond acceptors (Lipinski definition) is 3. The molecule has 5 heteroatoms. The van der Waals surface area contributed by atoms with E-state index in [1.54, 1.807) is 6.08 Å². The average Bonchev–Trinajstić information content (AvgIpc) is 2.30. The summed E-state index contributed by atoms with van der Waals surface area (Å²) < 4.78 is 0. The van der Waals surface area contributed by atoms with Crippen molar-refractivity contribution in [3.05, 3.63) is 35.9 Å². The van der Waals surface area contributed by atoms with Crippen LogP contribution in [-0.4, -0.2) is 22.2 Å². The van der Waals surface area contributed by atoms with Crippen molar-refractivity contribution in [3.8, 4) is 0 Å². The Morgan fingerprint density at radius 3 is 3.06 bits per heavy atom. The van der Waals surface area contributed by atoms with E-state index in [4.69, 9.17) is 5.11 Å². The van der Waals surface area contributed by atoms with Gasteiger partial charge in [0.15, 0.2) is 0 Å². The molecule has 1 amide bonds. The maximum Gasteiger partial charge on any atom is 0.327 e. The molecule has 4 nitrogen and oxygen atoms in total. The van der Waals surface area contributed by atoms with Crippen LogP contribution in [0.5, 0.6) is 0 Å². The van der Waals surface area contributed by atoms with Gasteiger partial charge in [-0.2, -0.15) is 0 Å². The normalized spacial score (nSPS) is 18.5. The second kappa shape index (κ2) is 5.27. The fourth-order valence-corrected chi connectivity index (χ4v) is 2.61. The van der Waals surface area contributed by atoms with E-state index < -0.39 is 5.97 Å². The van der Waals surface area contributed by atoms with Gasteiger partial charge in [-0.15, -0.1) is 11.8 Å². The van der Waals surface area contributed by atoms with Crippen molar-refractivity contribution in [2.45, 2.75) is 23.5 Å². The molecule has 1 unspecified atom stereocenters. The smallest absolute Gasteiger partial charge is 0.327 e. The number of nitrogens with one attached hydrogen (secondary N) is 1. The Balaban J connectivity index is 2.15. The third-order valence-electron chi connectivity index (χ3n) is 2.59. The molecule has 1 aliphatic rings. The van der Waals surface area contributed by atoms with Gasteiger partial charge in [0.1, 0.15) is 0 Å². The molecule has 0 spiro atoms. The summed E-state index contributed by atoms with van der Waals surface area (Å²) in [5.74, 6) is -0.948. The highest BCUT2D eigenvalue weighted by molar-refractivity contribution is 8.00. The maximum absolute atomic E-state index is 11.5. The molecule has 0 aromatic heterocycles. The van der Waals surface area contributed by atoms with Crippen molar-refractivity contribution in [3.63, 3.8) is 0 Å². The van der Waals surface area contributed by atoms with E-state index in [2.05, 4.69) is 5.32 Å². The van der Waals surface area contributed by atoms with Crippen LogP contribution in [0.1, 0.15) is 12.5 Å². The summed E-state index contributed by atoms with van der Waals surface area (Å²) >= 11 is 1.53. The van der Waals surface area contributed by atoms with Crippen LogP contribution in [0, 0.1) is 0 Å². The zero-order chi connectivity index (χ0) is 13.1. The van der Waals surface area contributed by atoms with E-state index in [0.29, 0.717) is 6.42 Å². The summed E-state index contributed by atoms with van der Waals surface area (Å²) in [4.78, 5) is 23.0. The van der Waals surface area contributed by atoms with Crippen LogP contribution < -0.4 is 5.32 Å². The monoisotopic (exact) mass is 263 g/mol. The van der Waals surface area contributed by atoms with E-state index in [0.717, 1.165) is 22.2 Å². The number of anilines is 1. The molecule has 0 fully saturated rings. The minimum Gasteiger partial charge on any atom is -0.478 e. The number of thioether (sulfide) groups is 1. The summed E-state index contributed by atoms with van der Waals surface area (Å²) in [5.41, 5.74) is 1.78. The van der Waals surface area contributed by atoms with E-state index in [-0.39, 0.29) is 11.2 Å². The van der Waals surface area contributed by atoms with Crippen molar-refractivity contribution in [1.82, 2.24) is 0 Å². The fraction of sp³-hybridized carbons (Fsp3) is 0.231. The number of amides is 1. The number of rotatable bonds is 3. The van der Waals surface area contributed by atoms with Gasteiger partial charge in [0, 0.05) is 11.0 Å². The Morgan fingerprint density at radius 1 is 1.56 bits per heavy atom. The predicted molar refractivity (Wildman–Crippen MR) is 70.9 cm³/mol. The molecule has 1 atom stereocenters. The zero-order valence-electron chi connectivity index (χ0n) is 9.84. The predicted octanol–water partition coefficient (Wildman–Crippen LogP) is 2.30. The molecule has 2 rings (SSSR count). The lowest BCUT2D eigenvalue weighted by atomic mass is 10.1. The first-order chi connectivity index (χ1) is 8.56. The van der Waals surface area contributed by atoms with Crippen LogP contribution in [0.25, 0.3) is 0 Å². The second-order valence-corrected chi connectivity index (χ2v) is 5.41. The molecule has 1 heterocycles. The van der Waals surface area contributed by atoms with Crippen molar-refractivity contribution >= 4 is 29.3 Å². The number of allylic oxidation sites excluding steroid dienone is 1. The fourth-order valence-electron chi connectivity index (χ4n) is 1.68. The molecule has 1 aliphatic heterocycles. The average molecular weight is 263 g/mol. The minimum atomic E-state index is -0.953. The number of carbonyl (C=O) groups is 2. The van der Waals surface area contributed by atoms with Gasteiger partial charge in [-0.25, -0.2) is 4.79 Å². The SMILES string of the molecule is CC1Sc2ccc(C/C=C/C(=O)O)cc2NC1=O. The van der Waals surface area contributed by atoms with E-state index in [1.807, 2.05) is 25.1 Å². The topological polar surface area (TPSA) is 66.4 Å². The van der Waals surface area contributed by atoms with Gasteiger partial charge in [0.25, 0.3) is 0 Å². The van der Waals surface area contributed by atoms with Gasteiger partial charge in [-0.1, -0.05) is 12.1 Å². The number of benzene rings is 1. The zero-order valence-corrected chi connectivity index (χ0v) is 10.7. The highest BCUT2D eigenvalue weighted by Gasteiger charge is 2.22. The molecule has 0 bridgehead atoms. The Morgan fingerprint density at radius 2 is 2.33 bits per heavy atom. The number of carbonyl (C=O) groups excluding carboxylic acids is 1. The minimum absolute atomic E-state index is 0.00530. The first kappa shape index (κ1) is 12.7. The van der Waals surface area contributed by atoms with Crippen LogP contribution in [0.2, 0.25) is 0 Å². The van der Waals surface area contributed by atoms with E-state index >= 15 is 0 Å². The molecule has 0 saturated carbocycles. The molecule has 0 radical (unpaired) electrons. The largest absolute Gasteiger partial charge is 0.478 e. The first-order valence-electron chi connectivity index (χ1n) is 5.56. The summed E-state index contributed by atoms with van der Waals surface area (Å²) in [5, 5.41) is 11.3. The number of aliphatic carboxylic acids is 1. The standard InChI is InChI=1S/C13H13NO3S/c1-8-13(17)14-10-7-9(3-2-4-12(15)16)5-6-11(10)18-8/h2,4-8H,3H2,1H3,(H,14,17)(H,15,16)/b4-2+. The van der Waals surface area contributed by atoms with Gasteiger partial charge < -0.3 is 10.4 Å². The Hall–Kier alpha value is -1.75. The molecular weight excluding hydrogens is 250 g/mol. The Labute approximate surface area is 109 Å². The summed E-state index contributed by atoms with van der Waals surface area (Å²) in [6, 6.07) is 5.79. The first-order valence-corrected chi connectivity index (χ1v) is 6.44. The van der Waals surface area contributed by atoms with E-state index in [9.17, 15) is 9.59 Å². The number of carboxylic acid groups (broad SMARTS) is 1. The number of carboxylic acids is 1. The molecule has 0 aliphatic carbocycles. The van der Waals surface area contributed by atoms with Gasteiger partial charge in [0.05, 0.1) is 10.9 Å². The Bertz CT molecular complexity index is 525. The molecule has 18 heavy (non-hydrogen) atoms. The van der Waals surface area contributed by atoms with Gasteiger partial charge in [0.2, 0.25) is 5.91 Å². The van der Waals surface area contributed by atoms with Crippen LogP contribution in [0.3, 0.4) is 0 Å². The van der Waals surface area contributed by atoms with Crippen molar-refractivity contribution in [2.24, 2.45) is 0 Å². The van der Waals surface area contributed by atoms with Gasteiger partial charge in [-0.05, 0) is 31.0 Å². The molecule has 2 N–H and O–H groups in total. The maximum atomic E-state index is 11.5. The Kier molecular flexibility index (Phi) is 3.72. The quantitative estimate of drug-likeness (QED) is 0.821. The molecular formula is C13H13NO3S. The van der Waals surface area contributed by atoms with Gasteiger partial charge >= 0.3 is 5.97 Å². The highest BCUT2D eigenvalue weighted by atomic mass is 32.2. The lowest BCUT2D eigenvalue weighted by Crippen LogP contribution is -2.26. The van der Waals surface area contributed by atoms with Crippen LogP contribution in [-0.2, 0) is 16.0 Å². The number of hydrogen-bond donors (Lipinski definition) is 2. The summed E-state index contributed by atoms with van der Waals surface area (Å²) in [7, 11) is 0. The lowest BCUT2D eigenvalue weighted by molar-refractivity contribution is -0.131. The molecule has 1 aromatic rings. The highest BCUT2D eigenvalue weighted by Crippen LogP contribution is 2.35. The third kappa shape index (κ3) is 2.92. The summed E-state index contributed by atoms with van der Waals surface area (Å²) in [6.45, 7) is 1.87. The second-order valence-electron chi connectivity index (χ2n) is 4.02. The molecule has 0 saturated heterocycles. The van der Waals surface area contributed by atoms with Crippen molar-refractivity contribution < 1.29 is 14.7 Å². The number of fused-ring (bicyclic) bond motifs is 1. The molecule has 94 valence electrons. The van der Waals surface area contributed by atoms with Crippen molar-refractivity contribution in [2.75, 3.05) is 5.32 Å². The van der Waals surface area contributed by atoms with Crippen molar-refractivity contribution in [1.29, 1.82) is 0 Å². The van der Waals surface area contributed by atoms with E-state index in [1.165, 1.54) is 11.8 Å². The summed E-state index contributed by atoms with van der Waals surface area (Å²) in [6.07, 6.45) is 3.25.